The van der Waals surface area contributed by atoms with Crippen LogP contribution in [0.2, 0.25) is 0 Å². The Morgan fingerprint density at radius 1 is 1.12 bits per heavy atom. The van der Waals surface area contributed by atoms with Gasteiger partial charge >= 0.3 is 0 Å². The van der Waals surface area contributed by atoms with E-state index in [2.05, 4.69) is 20.8 Å². The molecule has 1 spiro atoms. The zero-order chi connectivity index (χ0) is 11.6. The van der Waals surface area contributed by atoms with Crippen LogP contribution in [0.1, 0.15) is 59.3 Å². The topological polar surface area (TPSA) is 17.1 Å². The first-order chi connectivity index (χ1) is 7.49. The Morgan fingerprint density at radius 3 is 2.31 bits per heavy atom. The van der Waals surface area contributed by atoms with Crippen LogP contribution in [0.15, 0.2) is 0 Å². The molecule has 3 rings (SSSR count). The predicted molar refractivity (Wildman–Crippen MR) is 68.7 cm³/mol. The number of rotatable bonds is 0. The van der Waals surface area contributed by atoms with Gasteiger partial charge in [0.15, 0.2) is 0 Å². The summed E-state index contributed by atoms with van der Waals surface area (Å²) in [6.07, 6.45) is 7.87. The molecule has 2 bridgehead atoms. The third kappa shape index (κ3) is 0.927. The van der Waals surface area contributed by atoms with Crippen molar-refractivity contribution in [2.24, 2.45) is 22.2 Å². The summed E-state index contributed by atoms with van der Waals surface area (Å²) in [7, 11) is 0. The summed E-state index contributed by atoms with van der Waals surface area (Å²) >= 11 is 0.859. The van der Waals surface area contributed by atoms with Crippen molar-refractivity contribution in [1.82, 2.24) is 0 Å². The van der Waals surface area contributed by atoms with E-state index < -0.39 is 0 Å². The highest BCUT2D eigenvalue weighted by Crippen LogP contribution is 2.73. The maximum atomic E-state index is 11.7. The monoisotopic (exact) mass is 238 g/mol. The SMILES string of the molecule is CC1(C)[C@@H]2CC[C@@]1(C)C(=S=O)C21CCCC1. The van der Waals surface area contributed by atoms with Gasteiger partial charge in [0.05, 0.1) is 11.3 Å². The van der Waals surface area contributed by atoms with Crippen LogP contribution in [0.25, 0.3) is 0 Å². The molecule has 0 aromatic heterocycles. The molecule has 0 radical (unpaired) electrons. The highest BCUT2D eigenvalue weighted by atomic mass is 32.1. The molecule has 3 aliphatic carbocycles. The molecule has 2 heteroatoms. The van der Waals surface area contributed by atoms with Crippen molar-refractivity contribution in [2.45, 2.75) is 59.3 Å². The van der Waals surface area contributed by atoms with E-state index in [4.69, 9.17) is 0 Å². The Hall–Kier alpha value is -0.110. The van der Waals surface area contributed by atoms with Crippen molar-refractivity contribution in [2.75, 3.05) is 0 Å². The van der Waals surface area contributed by atoms with Gasteiger partial charge < -0.3 is 0 Å². The molecule has 3 saturated carbocycles. The minimum Gasteiger partial charge on any atom is -0.212 e. The summed E-state index contributed by atoms with van der Waals surface area (Å²) in [5.74, 6) is 0.781. The molecule has 0 N–H and O–H groups in total. The Balaban J connectivity index is 2.21. The molecular weight excluding hydrogens is 216 g/mol. The summed E-state index contributed by atoms with van der Waals surface area (Å²) in [4.78, 5) is 1.33. The molecule has 3 fully saturated rings. The van der Waals surface area contributed by atoms with E-state index in [-0.39, 0.29) is 5.41 Å². The third-order valence-corrected chi connectivity index (χ3v) is 7.45. The number of hydrogen-bond acceptors (Lipinski definition) is 1. The van der Waals surface area contributed by atoms with Crippen molar-refractivity contribution in [3.05, 3.63) is 0 Å². The van der Waals surface area contributed by atoms with Gasteiger partial charge in [-0.2, -0.15) is 0 Å². The summed E-state index contributed by atoms with van der Waals surface area (Å²) < 4.78 is 11.7. The molecule has 1 nitrogen and oxygen atoms in total. The van der Waals surface area contributed by atoms with Gasteiger partial charge in [0.2, 0.25) is 0 Å². The second-order valence-electron chi connectivity index (χ2n) is 6.92. The quantitative estimate of drug-likeness (QED) is 0.591. The van der Waals surface area contributed by atoms with Crippen molar-refractivity contribution in [1.29, 1.82) is 0 Å². The van der Waals surface area contributed by atoms with Gasteiger partial charge in [-0.25, -0.2) is 4.21 Å². The van der Waals surface area contributed by atoms with Gasteiger partial charge in [-0.05, 0) is 37.0 Å². The molecule has 0 aliphatic heterocycles. The Labute approximate surface area is 102 Å². The average Bonchev–Trinajstić information content (AvgIpc) is 2.78. The molecule has 0 unspecified atom stereocenters. The number of hydrogen-bond donors (Lipinski definition) is 0. The van der Waals surface area contributed by atoms with E-state index in [1.807, 2.05) is 0 Å². The van der Waals surface area contributed by atoms with Gasteiger partial charge in [-0.3, -0.25) is 0 Å². The van der Waals surface area contributed by atoms with Crippen molar-refractivity contribution in [3.63, 3.8) is 0 Å². The molecule has 0 aromatic rings. The maximum Gasteiger partial charge on any atom is 0.0888 e. The Morgan fingerprint density at radius 2 is 1.75 bits per heavy atom. The fourth-order valence-corrected chi connectivity index (χ4v) is 6.40. The largest absolute Gasteiger partial charge is 0.212 e. The van der Waals surface area contributed by atoms with Crippen LogP contribution in [0.5, 0.6) is 0 Å². The zero-order valence-corrected chi connectivity index (χ0v) is 11.5. The smallest absolute Gasteiger partial charge is 0.0888 e. The van der Waals surface area contributed by atoms with Crippen LogP contribution < -0.4 is 0 Å². The van der Waals surface area contributed by atoms with Gasteiger partial charge in [-0.15, -0.1) is 0 Å². The molecular formula is C14H22OS. The normalized spacial score (nSPS) is 43.2. The predicted octanol–water partition coefficient (Wildman–Crippen LogP) is 3.39. The second kappa shape index (κ2) is 3.01. The zero-order valence-electron chi connectivity index (χ0n) is 10.6. The molecule has 0 saturated heterocycles. The first-order valence-corrected chi connectivity index (χ1v) is 7.41. The van der Waals surface area contributed by atoms with Crippen molar-refractivity contribution < 1.29 is 4.21 Å². The highest BCUT2D eigenvalue weighted by molar-refractivity contribution is 7.66. The fourth-order valence-electron chi connectivity index (χ4n) is 5.34. The van der Waals surface area contributed by atoms with Crippen LogP contribution in [0.4, 0.5) is 0 Å². The summed E-state index contributed by atoms with van der Waals surface area (Å²) in [6, 6.07) is 0. The van der Waals surface area contributed by atoms with E-state index in [1.54, 1.807) is 0 Å². The third-order valence-electron chi connectivity index (χ3n) is 6.43. The van der Waals surface area contributed by atoms with Crippen LogP contribution >= 0.6 is 0 Å². The van der Waals surface area contributed by atoms with E-state index in [0.29, 0.717) is 10.8 Å². The summed E-state index contributed by atoms with van der Waals surface area (Å²) in [5.41, 5.74) is 0.904. The Bertz CT molecular complexity index is 386. The molecule has 0 heterocycles. The first kappa shape index (κ1) is 11.0. The summed E-state index contributed by atoms with van der Waals surface area (Å²) in [6.45, 7) is 7.18. The van der Waals surface area contributed by atoms with Gasteiger partial charge in [-0.1, -0.05) is 33.6 Å². The van der Waals surface area contributed by atoms with Crippen LogP contribution in [0.3, 0.4) is 0 Å². The van der Waals surface area contributed by atoms with E-state index >= 15 is 0 Å². The standard InChI is InChI=1S/C14H22OS/c1-12(2)10-6-9-13(12,3)11(16-15)14(10)7-4-5-8-14/h10H,4-9H2,1-3H3/t10-,13-/m0/s1. The fraction of sp³-hybridized carbons (Fsp3) is 0.929. The van der Waals surface area contributed by atoms with Crippen molar-refractivity contribution >= 4 is 16.1 Å². The molecule has 2 atom stereocenters. The lowest BCUT2D eigenvalue weighted by atomic mass is 9.69. The lowest BCUT2D eigenvalue weighted by Gasteiger charge is -2.36. The van der Waals surface area contributed by atoms with Gasteiger partial charge in [0.25, 0.3) is 0 Å². The molecule has 3 aliphatic rings. The van der Waals surface area contributed by atoms with E-state index in [1.165, 1.54) is 43.4 Å². The van der Waals surface area contributed by atoms with Crippen LogP contribution in [-0.4, -0.2) is 9.07 Å². The van der Waals surface area contributed by atoms with Crippen molar-refractivity contribution in [3.8, 4) is 0 Å². The van der Waals surface area contributed by atoms with Crippen LogP contribution in [-0.2, 0) is 11.3 Å². The van der Waals surface area contributed by atoms with E-state index in [0.717, 1.165) is 17.2 Å². The first-order valence-electron chi connectivity index (χ1n) is 6.67. The molecule has 90 valence electrons. The maximum absolute atomic E-state index is 11.7. The average molecular weight is 238 g/mol. The molecule has 16 heavy (non-hydrogen) atoms. The summed E-state index contributed by atoms with van der Waals surface area (Å²) in [5, 5.41) is 0. The minimum absolute atomic E-state index is 0.217. The lowest BCUT2D eigenvalue weighted by molar-refractivity contribution is 0.140. The van der Waals surface area contributed by atoms with Gasteiger partial charge in [0.1, 0.15) is 0 Å². The van der Waals surface area contributed by atoms with E-state index in [9.17, 15) is 4.21 Å². The second-order valence-corrected chi connectivity index (χ2v) is 7.50. The van der Waals surface area contributed by atoms with Crippen LogP contribution in [0, 0.1) is 22.2 Å². The molecule has 0 aromatic carbocycles. The molecule has 0 amide bonds. The lowest BCUT2D eigenvalue weighted by Crippen LogP contribution is -2.38. The highest BCUT2D eigenvalue weighted by Gasteiger charge is 2.70. The minimum atomic E-state index is 0.217. The van der Waals surface area contributed by atoms with Gasteiger partial charge in [0, 0.05) is 15.7 Å². The number of fused-ring (bicyclic) bond motifs is 3. The Kier molecular flexibility index (Phi) is 2.07.